The van der Waals surface area contributed by atoms with Gasteiger partial charge in [0, 0.05) is 11.6 Å². The first kappa shape index (κ1) is 10.6. The van der Waals surface area contributed by atoms with Crippen LogP contribution in [0.15, 0.2) is 29.8 Å². The third-order valence-corrected chi connectivity index (χ3v) is 2.43. The van der Waals surface area contributed by atoms with Crippen molar-refractivity contribution in [2.45, 2.75) is 0 Å². The Balaban J connectivity index is 2.26. The van der Waals surface area contributed by atoms with Gasteiger partial charge in [0.25, 0.3) is 5.19 Å². The summed E-state index contributed by atoms with van der Waals surface area (Å²) >= 11 is 1.22. The third kappa shape index (κ3) is 2.17. The molecule has 0 saturated heterocycles. The molecule has 0 aliphatic heterocycles. The Bertz CT molecular complexity index is 513. The zero-order chi connectivity index (χ0) is 11.5. The van der Waals surface area contributed by atoms with E-state index in [-0.39, 0.29) is 11.3 Å². The van der Waals surface area contributed by atoms with Gasteiger partial charge in [-0.25, -0.2) is 14.2 Å². The van der Waals surface area contributed by atoms with E-state index < -0.39 is 11.8 Å². The number of halogens is 1. The summed E-state index contributed by atoms with van der Waals surface area (Å²) in [6.07, 6.45) is 1.53. The van der Waals surface area contributed by atoms with Crippen LogP contribution in [0.25, 0.3) is 0 Å². The fourth-order valence-electron chi connectivity index (χ4n) is 1.07. The van der Waals surface area contributed by atoms with Gasteiger partial charge in [0.15, 0.2) is 11.6 Å². The molecule has 0 saturated carbocycles. The minimum atomic E-state index is -1.18. The van der Waals surface area contributed by atoms with E-state index in [0.717, 1.165) is 6.07 Å². The summed E-state index contributed by atoms with van der Waals surface area (Å²) < 4.78 is 18.5. The number of hydrogen-bond donors (Lipinski definition) is 1. The Morgan fingerprint density at radius 3 is 2.88 bits per heavy atom. The van der Waals surface area contributed by atoms with Crippen LogP contribution in [0, 0.1) is 5.82 Å². The highest BCUT2D eigenvalue weighted by molar-refractivity contribution is 7.11. The number of aromatic carboxylic acids is 1. The topological polar surface area (TPSA) is 59.4 Å². The number of aromatic nitrogens is 1. The molecule has 1 N–H and O–H groups in total. The normalized spacial score (nSPS) is 10.1. The van der Waals surface area contributed by atoms with Crippen LogP contribution in [0.3, 0.4) is 0 Å². The van der Waals surface area contributed by atoms with E-state index in [9.17, 15) is 9.18 Å². The maximum atomic E-state index is 13.4. The molecule has 0 radical (unpaired) electrons. The Kier molecular flexibility index (Phi) is 2.82. The number of carbonyl (C=O) groups is 1. The van der Waals surface area contributed by atoms with E-state index in [0.29, 0.717) is 5.19 Å². The molecule has 82 valence electrons. The number of rotatable bonds is 3. The maximum Gasteiger partial charge on any atom is 0.335 e. The van der Waals surface area contributed by atoms with Gasteiger partial charge in [-0.1, -0.05) is 11.3 Å². The van der Waals surface area contributed by atoms with Crippen LogP contribution in [0.4, 0.5) is 4.39 Å². The molecule has 1 heterocycles. The molecular weight excluding hydrogens is 233 g/mol. The number of carboxylic acid groups (broad SMARTS) is 1. The standard InChI is InChI=1S/C10H6FNO3S/c11-7-5-6(9(13)14)1-2-8(7)15-10-12-3-4-16-10/h1-5H,(H,13,14). The number of hydrogen-bond acceptors (Lipinski definition) is 4. The Morgan fingerprint density at radius 2 is 2.31 bits per heavy atom. The summed E-state index contributed by atoms with van der Waals surface area (Å²) in [5.74, 6) is -1.95. The molecule has 2 aromatic rings. The van der Waals surface area contributed by atoms with Crippen LogP contribution in [-0.2, 0) is 0 Å². The first-order valence-electron chi connectivity index (χ1n) is 4.27. The molecule has 0 spiro atoms. The highest BCUT2D eigenvalue weighted by Crippen LogP contribution is 2.26. The van der Waals surface area contributed by atoms with E-state index in [1.165, 1.54) is 29.7 Å². The lowest BCUT2D eigenvalue weighted by Gasteiger charge is -2.03. The van der Waals surface area contributed by atoms with Gasteiger partial charge in [0.2, 0.25) is 0 Å². The average molecular weight is 239 g/mol. The first-order valence-corrected chi connectivity index (χ1v) is 5.15. The van der Waals surface area contributed by atoms with Crippen molar-refractivity contribution in [2.75, 3.05) is 0 Å². The maximum absolute atomic E-state index is 13.4. The first-order chi connectivity index (χ1) is 7.66. The Labute approximate surface area is 93.9 Å². The van der Waals surface area contributed by atoms with Crippen molar-refractivity contribution in [3.8, 4) is 10.9 Å². The Hall–Kier alpha value is -1.95. The highest BCUT2D eigenvalue weighted by atomic mass is 32.1. The monoisotopic (exact) mass is 239 g/mol. The molecular formula is C10H6FNO3S. The molecule has 16 heavy (non-hydrogen) atoms. The van der Waals surface area contributed by atoms with Crippen molar-refractivity contribution in [3.05, 3.63) is 41.2 Å². The number of nitrogens with zero attached hydrogens (tertiary/aromatic N) is 1. The molecule has 2 rings (SSSR count). The second-order valence-corrected chi connectivity index (χ2v) is 3.71. The molecule has 0 unspecified atom stereocenters. The van der Waals surface area contributed by atoms with E-state index in [1.54, 1.807) is 5.38 Å². The summed E-state index contributed by atoms with van der Waals surface area (Å²) in [7, 11) is 0. The number of benzene rings is 1. The molecule has 0 amide bonds. The summed E-state index contributed by atoms with van der Waals surface area (Å²) in [6.45, 7) is 0. The van der Waals surface area contributed by atoms with Crippen LogP contribution in [0.5, 0.6) is 10.9 Å². The second-order valence-electron chi connectivity index (χ2n) is 2.85. The van der Waals surface area contributed by atoms with Gasteiger partial charge >= 0.3 is 5.97 Å². The van der Waals surface area contributed by atoms with Crippen molar-refractivity contribution in [1.29, 1.82) is 0 Å². The van der Waals surface area contributed by atoms with Crippen LogP contribution in [-0.4, -0.2) is 16.1 Å². The molecule has 6 heteroatoms. The summed E-state index contributed by atoms with van der Waals surface area (Å²) in [6, 6.07) is 3.44. The van der Waals surface area contributed by atoms with Crippen molar-refractivity contribution < 1.29 is 19.0 Å². The fourth-order valence-corrected chi connectivity index (χ4v) is 1.57. The van der Waals surface area contributed by atoms with Crippen molar-refractivity contribution in [2.24, 2.45) is 0 Å². The minimum absolute atomic E-state index is 0.0417. The quantitative estimate of drug-likeness (QED) is 0.894. The largest absolute Gasteiger partial charge is 0.478 e. The fraction of sp³-hybridized carbons (Fsp3) is 0. The summed E-state index contributed by atoms with van der Waals surface area (Å²) in [4.78, 5) is 14.4. The van der Waals surface area contributed by atoms with Crippen LogP contribution >= 0.6 is 11.3 Å². The van der Waals surface area contributed by atoms with E-state index in [4.69, 9.17) is 9.84 Å². The molecule has 0 aliphatic carbocycles. The average Bonchev–Trinajstić information content (AvgIpc) is 2.73. The molecule has 0 bridgehead atoms. The smallest absolute Gasteiger partial charge is 0.335 e. The molecule has 1 aromatic heterocycles. The third-order valence-electron chi connectivity index (χ3n) is 1.79. The van der Waals surface area contributed by atoms with Crippen molar-refractivity contribution >= 4 is 17.3 Å². The van der Waals surface area contributed by atoms with Gasteiger partial charge < -0.3 is 9.84 Å². The lowest BCUT2D eigenvalue weighted by Crippen LogP contribution is -1.97. The Morgan fingerprint density at radius 1 is 1.50 bits per heavy atom. The van der Waals surface area contributed by atoms with Crippen molar-refractivity contribution in [3.63, 3.8) is 0 Å². The van der Waals surface area contributed by atoms with Gasteiger partial charge in [0.1, 0.15) is 0 Å². The van der Waals surface area contributed by atoms with Gasteiger partial charge in [-0.2, -0.15) is 0 Å². The van der Waals surface area contributed by atoms with Crippen molar-refractivity contribution in [1.82, 2.24) is 4.98 Å². The summed E-state index contributed by atoms with van der Waals surface area (Å²) in [5.41, 5.74) is -0.121. The zero-order valence-corrected chi connectivity index (χ0v) is 8.70. The lowest BCUT2D eigenvalue weighted by atomic mass is 10.2. The van der Waals surface area contributed by atoms with Crippen LogP contribution in [0.2, 0.25) is 0 Å². The molecule has 4 nitrogen and oxygen atoms in total. The number of thiazole rings is 1. The predicted molar refractivity (Wildman–Crippen MR) is 55.5 cm³/mol. The minimum Gasteiger partial charge on any atom is -0.478 e. The van der Waals surface area contributed by atoms with Gasteiger partial charge in [0.05, 0.1) is 5.56 Å². The van der Waals surface area contributed by atoms with Crippen LogP contribution < -0.4 is 4.74 Å². The molecule has 1 aromatic carbocycles. The molecule has 0 atom stereocenters. The van der Waals surface area contributed by atoms with Crippen LogP contribution in [0.1, 0.15) is 10.4 Å². The second kappa shape index (κ2) is 4.28. The molecule has 0 fully saturated rings. The number of ether oxygens (including phenoxy) is 1. The number of carboxylic acids is 1. The van der Waals surface area contributed by atoms with E-state index in [1.807, 2.05) is 0 Å². The highest BCUT2D eigenvalue weighted by Gasteiger charge is 2.10. The van der Waals surface area contributed by atoms with E-state index >= 15 is 0 Å². The molecule has 0 aliphatic rings. The van der Waals surface area contributed by atoms with E-state index in [2.05, 4.69) is 4.98 Å². The van der Waals surface area contributed by atoms with Gasteiger partial charge in [-0.05, 0) is 18.2 Å². The van der Waals surface area contributed by atoms with Gasteiger partial charge in [-0.15, -0.1) is 0 Å². The zero-order valence-electron chi connectivity index (χ0n) is 7.88. The van der Waals surface area contributed by atoms with Gasteiger partial charge in [-0.3, -0.25) is 0 Å². The summed E-state index contributed by atoms with van der Waals surface area (Å²) in [5, 5.41) is 10.6. The predicted octanol–water partition coefficient (Wildman–Crippen LogP) is 2.77. The SMILES string of the molecule is O=C(O)c1ccc(Oc2nccs2)c(F)c1. The lowest BCUT2D eigenvalue weighted by molar-refractivity contribution is 0.0696.